The minimum absolute atomic E-state index is 0.468. The largest absolute Gasteiger partial charge is 0.355 e. The Labute approximate surface area is 155 Å². The van der Waals surface area contributed by atoms with E-state index in [0.717, 1.165) is 38.6 Å². The first kappa shape index (κ1) is 18.0. The van der Waals surface area contributed by atoms with Crippen LogP contribution in [0.25, 0.3) is 0 Å². The maximum Gasteiger partial charge on any atom is 0.191 e. The summed E-state index contributed by atoms with van der Waals surface area (Å²) in [6, 6.07) is 11.4. The molecular weight excluding hydrogens is 328 g/mol. The van der Waals surface area contributed by atoms with Gasteiger partial charge in [0.25, 0.3) is 0 Å². The van der Waals surface area contributed by atoms with Gasteiger partial charge in [0.2, 0.25) is 0 Å². The van der Waals surface area contributed by atoms with Crippen molar-refractivity contribution in [1.29, 1.82) is 0 Å². The van der Waals surface area contributed by atoms with Gasteiger partial charge in [-0.1, -0.05) is 24.3 Å². The van der Waals surface area contributed by atoms with Crippen LogP contribution >= 0.6 is 11.3 Å². The lowest BCUT2D eigenvalue weighted by atomic mass is 9.99. The predicted molar refractivity (Wildman–Crippen MR) is 107 cm³/mol. The molecule has 0 saturated carbocycles. The van der Waals surface area contributed by atoms with Gasteiger partial charge in [-0.2, -0.15) is 0 Å². The molecule has 4 nitrogen and oxygen atoms in total. The number of benzene rings is 1. The molecule has 3 rings (SSSR count). The summed E-state index contributed by atoms with van der Waals surface area (Å²) >= 11 is 1.79. The van der Waals surface area contributed by atoms with Gasteiger partial charge in [0, 0.05) is 37.6 Å². The number of hydrogen-bond acceptors (Lipinski definition) is 3. The monoisotopic (exact) mass is 356 g/mol. The molecule has 0 bridgehead atoms. The Morgan fingerprint density at radius 2 is 2.04 bits per heavy atom. The summed E-state index contributed by atoms with van der Waals surface area (Å²) in [4.78, 5) is 8.26. The van der Waals surface area contributed by atoms with Crippen LogP contribution in [-0.2, 0) is 19.5 Å². The molecule has 0 spiro atoms. The Balaban J connectivity index is 1.48. The van der Waals surface area contributed by atoms with Gasteiger partial charge in [0.1, 0.15) is 0 Å². The van der Waals surface area contributed by atoms with Crippen LogP contribution in [0.4, 0.5) is 0 Å². The standard InChI is InChI=1S/C20H28N4S/c1-15-9-11-25-19(15)13-23-20(21-3)22-12-16(2)24-10-8-17-6-4-5-7-18(17)14-24/h4-7,9,11,16H,8,10,12-14H2,1-3H3,(H2,21,22,23). The maximum atomic E-state index is 4.35. The van der Waals surface area contributed by atoms with E-state index >= 15 is 0 Å². The number of guanidine groups is 1. The third-order valence-corrected chi connectivity index (χ3v) is 5.98. The fourth-order valence-corrected chi connectivity index (χ4v) is 4.08. The molecule has 1 aliphatic rings. The zero-order valence-electron chi connectivity index (χ0n) is 15.4. The SMILES string of the molecule is CN=C(NCc1sccc1C)NCC(C)N1CCc2ccccc2C1. The molecule has 0 fully saturated rings. The average molecular weight is 357 g/mol. The minimum Gasteiger partial charge on any atom is -0.355 e. The van der Waals surface area contributed by atoms with Crippen LogP contribution in [0.3, 0.4) is 0 Å². The fraction of sp³-hybridized carbons (Fsp3) is 0.450. The molecule has 1 aromatic heterocycles. The molecule has 134 valence electrons. The van der Waals surface area contributed by atoms with E-state index in [0.29, 0.717) is 6.04 Å². The molecule has 25 heavy (non-hydrogen) atoms. The Hall–Kier alpha value is -1.85. The molecule has 1 aliphatic heterocycles. The van der Waals surface area contributed by atoms with Gasteiger partial charge >= 0.3 is 0 Å². The highest BCUT2D eigenvalue weighted by atomic mass is 32.1. The van der Waals surface area contributed by atoms with E-state index in [-0.39, 0.29) is 0 Å². The first-order chi connectivity index (χ1) is 12.2. The van der Waals surface area contributed by atoms with E-state index in [9.17, 15) is 0 Å². The summed E-state index contributed by atoms with van der Waals surface area (Å²) in [5.74, 6) is 0.872. The third-order valence-electron chi connectivity index (χ3n) is 4.96. The molecular formula is C20H28N4S. The van der Waals surface area contributed by atoms with Gasteiger partial charge in [0.15, 0.2) is 5.96 Å². The quantitative estimate of drug-likeness (QED) is 0.638. The van der Waals surface area contributed by atoms with Crippen LogP contribution in [0.2, 0.25) is 0 Å². The summed E-state index contributed by atoms with van der Waals surface area (Å²) in [6.45, 7) is 8.33. The fourth-order valence-electron chi connectivity index (χ4n) is 3.24. The van der Waals surface area contributed by atoms with Crippen molar-refractivity contribution in [2.75, 3.05) is 20.1 Å². The zero-order valence-corrected chi connectivity index (χ0v) is 16.2. The normalized spacial score (nSPS) is 16.4. The lowest BCUT2D eigenvalue weighted by Gasteiger charge is -2.34. The molecule has 0 saturated heterocycles. The second-order valence-electron chi connectivity index (χ2n) is 6.67. The second-order valence-corrected chi connectivity index (χ2v) is 7.67. The van der Waals surface area contributed by atoms with Crippen LogP contribution in [0.1, 0.15) is 28.5 Å². The van der Waals surface area contributed by atoms with Crippen LogP contribution in [-0.4, -0.2) is 37.0 Å². The third kappa shape index (κ3) is 4.61. The second kappa shape index (κ2) is 8.50. The van der Waals surface area contributed by atoms with Gasteiger partial charge in [0.05, 0.1) is 6.54 Å². The molecule has 1 atom stereocenters. The number of nitrogens with zero attached hydrogens (tertiary/aromatic N) is 2. The highest BCUT2D eigenvalue weighted by Gasteiger charge is 2.20. The molecule has 0 amide bonds. The molecule has 2 aromatic rings. The van der Waals surface area contributed by atoms with Crippen molar-refractivity contribution in [3.05, 3.63) is 57.3 Å². The van der Waals surface area contributed by atoms with Gasteiger partial charge < -0.3 is 10.6 Å². The first-order valence-electron chi connectivity index (χ1n) is 8.95. The van der Waals surface area contributed by atoms with Crippen molar-refractivity contribution >= 4 is 17.3 Å². The Kier molecular flexibility index (Phi) is 6.10. The number of fused-ring (bicyclic) bond motifs is 1. The van der Waals surface area contributed by atoms with Gasteiger partial charge in [-0.05, 0) is 48.4 Å². The molecule has 5 heteroatoms. The van der Waals surface area contributed by atoms with Crippen LogP contribution < -0.4 is 10.6 Å². The van der Waals surface area contributed by atoms with Crippen molar-refractivity contribution in [1.82, 2.24) is 15.5 Å². The van der Waals surface area contributed by atoms with Crippen LogP contribution in [0.15, 0.2) is 40.7 Å². The maximum absolute atomic E-state index is 4.35. The summed E-state index contributed by atoms with van der Waals surface area (Å²) in [5, 5.41) is 9.03. The van der Waals surface area contributed by atoms with Crippen molar-refractivity contribution < 1.29 is 0 Å². The van der Waals surface area contributed by atoms with E-state index in [1.807, 2.05) is 7.05 Å². The van der Waals surface area contributed by atoms with E-state index in [1.54, 1.807) is 11.3 Å². The average Bonchev–Trinajstić information content (AvgIpc) is 3.06. The molecule has 1 unspecified atom stereocenters. The van der Waals surface area contributed by atoms with Crippen molar-refractivity contribution in [2.45, 2.75) is 39.4 Å². The zero-order chi connectivity index (χ0) is 17.6. The van der Waals surface area contributed by atoms with Crippen LogP contribution in [0, 0.1) is 6.92 Å². The Bertz CT molecular complexity index is 722. The van der Waals surface area contributed by atoms with Crippen molar-refractivity contribution in [3.8, 4) is 0 Å². The van der Waals surface area contributed by atoms with E-state index in [4.69, 9.17) is 0 Å². The number of hydrogen-bond donors (Lipinski definition) is 2. The first-order valence-corrected chi connectivity index (χ1v) is 9.83. The predicted octanol–water partition coefficient (Wildman–Crippen LogP) is 3.17. The lowest BCUT2D eigenvalue weighted by Crippen LogP contribution is -2.47. The summed E-state index contributed by atoms with van der Waals surface area (Å²) in [7, 11) is 1.83. The minimum atomic E-state index is 0.468. The van der Waals surface area contributed by atoms with Gasteiger partial charge in [-0.3, -0.25) is 9.89 Å². The summed E-state index contributed by atoms with van der Waals surface area (Å²) in [5.41, 5.74) is 4.31. The lowest BCUT2D eigenvalue weighted by molar-refractivity contribution is 0.191. The molecule has 1 aromatic carbocycles. The molecule has 0 radical (unpaired) electrons. The number of aryl methyl sites for hydroxylation is 1. The Morgan fingerprint density at radius 3 is 2.76 bits per heavy atom. The topological polar surface area (TPSA) is 39.7 Å². The van der Waals surface area contributed by atoms with Crippen molar-refractivity contribution in [2.24, 2.45) is 4.99 Å². The van der Waals surface area contributed by atoms with Gasteiger partial charge in [-0.15, -0.1) is 11.3 Å². The van der Waals surface area contributed by atoms with E-state index in [1.165, 1.54) is 21.6 Å². The molecule has 2 N–H and O–H groups in total. The number of thiophene rings is 1. The molecule has 0 aliphatic carbocycles. The number of aliphatic imine (C=N–C) groups is 1. The van der Waals surface area contributed by atoms with Crippen LogP contribution in [0.5, 0.6) is 0 Å². The molecule has 2 heterocycles. The van der Waals surface area contributed by atoms with E-state index in [2.05, 4.69) is 70.1 Å². The highest BCUT2D eigenvalue weighted by Crippen LogP contribution is 2.20. The van der Waals surface area contributed by atoms with Crippen molar-refractivity contribution in [3.63, 3.8) is 0 Å². The van der Waals surface area contributed by atoms with Gasteiger partial charge in [-0.25, -0.2) is 0 Å². The highest BCUT2D eigenvalue weighted by molar-refractivity contribution is 7.10. The Morgan fingerprint density at radius 1 is 1.24 bits per heavy atom. The summed E-state index contributed by atoms with van der Waals surface area (Å²) in [6.07, 6.45) is 1.14. The number of nitrogens with one attached hydrogen (secondary N) is 2. The van der Waals surface area contributed by atoms with E-state index < -0.39 is 0 Å². The summed E-state index contributed by atoms with van der Waals surface area (Å²) < 4.78 is 0. The number of rotatable bonds is 5. The smallest absolute Gasteiger partial charge is 0.191 e.